The van der Waals surface area contributed by atoms with Crippen LogP contribution >= 0.6 is 23.2 Å². The Hall–Kier alpha value is -2.04. The molecule has 0 unspecified atom stereocenters. The molecule has 126 valence electrons. The van der Waals surface area contributed by atoms with E-state index < -0.39 is 6.10 Å². The van der Waals surface area contributed by atoms with Gasteiger partial charge in [0.2, 0.25) is 0 Å². The predicted octanol–water partition coefficient (Wildman–Crippen LogP) is 4.45. The molecule has 0 spiro atoms. The molecule has 24 heavy (non-hydrogen) atoms. The number of rotatable bonds is 6. The highest BCUT2D eigenvalue weighted by molar-refractivity contribution is 6.35. The molecule has 0 bridgehead atoms. The molecule has 2 atom stereocenters. The quantitative estimate of drug-likeness (QED) is 0.769. The van der Waals surface area contributed by atoms with Crippen LogP contribution in [-0.4, -0.2) is 18.3 Å². The molecule has 0 aromatic heterocycles. The largest absolute Gasteiger partial charge is 0.480 e. The maximum atomic E-state index is 12.3. The van der Waals surface area contributed by atoms with E-state index in [0.717, 1.165) is 5.56 Å². The Balaban J connectivity index is 2.04. The van der Waals surface area contributed by atoms with Crippen LogP contribution in [0.15, 0.2) is 42.5 Å². The lowest BCUT2D eigenvalue weighted by molar-refractivity contribution is -0.127. The zero-order valence-electron chi connectivity index (χ0n) is 13.3. The van der Waals surface area contributed by atoms with Gasteiger partial charge in [-0.2, -0.15) is 0 Å². The average Bonchev–Trinajstić information content (AvgIpc) is 2.55. The van der Waals surface area contributed by atoms with E-state index >= 15 is 0 Å². The molecule has 0 aliphatic heterocycles. The van der Waals surface area contributed by atoms with E-state index in [0.29, 0.717) is 27.6 Å². The van der Waals surface area contributed by atoms with Crippen molar-refractivity contribution in [1.29, 1.82) is 0 Å². The lowest BCUT2D eigenvalue weighted by atomic mass is 10.1. The summed E-state index contributed by atoms with van der Waals surface area (Å²) in [5.74, 6) is 0.0570. The number of para-hydroxylation sites is 1. The summed E-state index contributed by atoms with van der Waals surface area (Å²) in [4.78, 5) is 23.3. The van der Waals surface area contributed by atoms with Gasteiger partial charge in [-0.1, -0.05) is 41.4 Å². The van der Waals surface area contributed by atoms with Crippen LogP contribution in [0.5, 0.6) is 5.75 Å². The third-order valence-corrected chi connectivity index (χ3v) is 4.07. The molecule has 0 heterocycles. The summed E-state index contributed by atoms with van der Waals surface area (Å²) in [5, 5.41) is 3.85. The second-order valence-corrected chi connectivity index (χ2v) is 6.16. The summed E-state index contributed by atoms with van der Waals surface area (Å²) in [7, 11) is 0. The molecule has 1 N–H and O–H groups in total. The van der Waals surface area contributed by atoms with Gasteiger partial charge in [0, 0.05) is 10.0 Å². The summed E-state index contributed by atoms with van der Waals surface area (Å²) < 4.78 is 5.59. The van der Waals surface area contributed by atoms with E-state index in [-0.39, 0.29) is 11.9 Å². The van der Waals surface area contributed by atoms with E-state index in [1.54, 1.807) is 49.4 Å². The molecule has 0 saturated heterocycles. The van der Waals surface area contributed by atoms with Gasteiger partial charge >= 0.3 is 0 Å². The molecule has 4 nitrogen and oxygen atoms in total. The minimum Gasteiger partial charge on any atom is -0.480 e. The van der Waals surface area contributed by atoms with Crippen LogP contribution in [0, 0.1) is 0 Å². The number of nitrogens with one attached hydrogen (secondary N) is 1. The first-order valence-electron chi connectivity index (χ1n) is 7.38. The van der Waals surface area contributed by atoms with Gasteiger partial charge in [-0.05, 0) is 43.7 Å². The van der Waals surface area contributed by atoms with Crippen LogP contribution in [0.2, 0.25) is 10.0 Å². The van der Waals surface area contributed by atoms with Crippen LogP contribution in [0.3, 0.4) is 0 Å². The SMILES string of the molecule is C[C@H](Oc1ccccc1C=O)C(=O)N[C@@H](C)c1ccc(Cl)cc1Cl. The second-order valence-electron chi connectivity index (χ2n) is 5.31. The van der Waals surface area contributed by atoms with E-state index in [4.69, 9.17) is 27.9 Å². The number of aldehydes is 1. The highest BCUT2D eigenvalue weighted by Gasteiger charge is 2.20. The van der Waals surface area contributed by atoms with Gasteiger partial charge in [0.25, 0.3) is 5.91 Å². The molecule has 0 fully saturated rings. The molecule has 0 radical (unpaired) electrons. The summed E-state index contributed by atoms with van der Waals surface area (Å²) in [6.07, 6.45) is -0.0737. The molecule has 1 amide bonds. The summed E-state index contributed by atoms with van der Waals surface area (Å²) in [5.41, 5.74) is 1.15. The van der Waals surface area contributed by atoms with Crippen molar-refractivity contribution < 1.29 is 14.3 Å². The van der Waals surface area contributed by atoms with Gasteiger partial charge in [-0.3, -0.25) is 9.59 Å². The van der Waals surface area contributed by atoms with Crippen molar-refractivity contribution in [2.24, 2.45) is 0 Å². The number of halogens is 2. The van der Waals surface area contributed by atoms with Crippen molar-refractivity contribution in [3.8, 4) is 5.75 Å². The Morgan fingerprint density at radius 1 is 1.17 bits per heavy atom. The lowest BCUT2D eigenvalue weighted by Gasteiger charge is -2.20. The summed E-state index contributed by atoms with van der Waals surface area (Å²) in [6.45, 7) is 3.44. The predicted molar refractivity (Wildman–Crippen MR) is 94.9 cm³/mol. The van der Waals surface area contributed by atoms with E-state index in [1.165, 1.54) is 0 Å². The van der Waals surface area contributed by atoms with Crippen molar-refractivity contribution >= 4 is 35.4 Å². The lowest BCUT2D eigenvalue weighted by Crippen LogP contribution is -2.38. The number of benzene rings is 2. The van der Waals surface area contributed by atoms with Crippen molar-refractivity contribution in [3.05, 3.63) is 63.6 Å². The van der Waals surface area contributed by atoms with Gasteiger partial charge < -0.3 is 10.1 Å². The van der Waals surface area contributed by atoms with Gasteiger partial charge in [0.15, 0.2) is 12.4 Å². The highest BCUT2D eigenvalue weighted by atomic mass is 35.5. The molecule has 2 rings (SSSR count). The third-order valence-electron chi connectivity index (χ3n) is 3.51. The van der Waals surface area contributed by atoms with Gasteiger partial charge in [0.05, 0.1) is 11.6 Å². The van der Waals surface area contributed by atoms with E-state index in [9.17, 15) is 9.59 Å². The normalized spacial score (nSPS) is 13.0. The molecule has 6 heteroatoms. The standard InChI is InChI=1S/C18H17Cl2NO3/c1-11(15-8-7-14(19)9-16(15)20)21-18(23)12(2)24-17-6-4-3-5-13(17)10-22/h3-12H,1-2H3,(H,21,23)/t11-,12-/m0/s1. The summed E-state index contributed by atoms with van der Waals surface area (Å²) >= 11 is 12.0. The zero-order valence-corrected chi connectivity index (χ0v) is 14.8. The number of hydrogen-bond donors (Lipinski definition) is 1. The van der Waals surface area contributed by atoms with Crippen LogP contribution < -0.4 is 10.1 Å². The Morgan fingerprint density at radius 2 is 1.88 bits per heavy atom. The smallest absolute Gasteiger partial charge is 0.261 e. The van der Waals surface area contributed by atoms with Crippen molar-refractivity contribution in [3.63, 3.8) is 0 Å². The fourth-order valence-corrected chi connectivity index (χ4v) is 2.76. The molecule has 0 aliphatic rings. The minimum absolute atomic E-state index is 0.311. The zero-order chi connectivity index (χ0) is 17.7. The van der Waals surface area contributed by atoms with E-state index in [2.05, 4.69) is 5.32 Å². The van der Waals surface area contributed by atoms with E-state index in [1.807, 2.05) is 6.92 Å². The number of carbonyl (C=O) groups is 2. The average molecular weight is 366 g/mol. The van der Waals surface area contributed by atoms with Crippen molar-refractivity contribution in [2.75, 3.05) is 0 Å². The topological polar surface area (TPSA) is 55.4 Å². The second kappa shape index (κ2) is 8.18. The maximum absolute atomic E-state index is 12.3. The molecule has 2 aromatic rings. The molecule has 0 saturated carbocycles. The van der Waals surface area contributed by atoms with Crippen LogP contribution in [0.25, 0.3) is 0 Å². The first-order chi connectivity index (χ1) is 11.4. The summed E-state index contributed by atoms with van der Waals surface area (Å²) in [6, 6.07) is 11.5. The molecule has 2 aromatic carbocycles. The number of carbonyl (C=O) groups excluding carboxylic acids is 2. The van der Waals surface area contributed by atoms with Crippen LogP contribution in [0.4, 0.5) is 0 Å². The Labute approximate surface area is 150 Å². The van der Waals surface area contributed by atoms with Gasteiger partial charge in [-0.25, -0.2) is 0 Å². The van der Waals surface area contributed by atoms with Crippen molar-refractivity contribution in [1.82, 2.24) is 5.32 Å². The fraction of sp³-hybridized carbons (Fsp3) is 0.222. The minimum atomic E-state index is -0.764. The number of amides is 1. The maximum Gasteiger partial charge on any atom is 0.261 e. The molecule has 0 aliphatic carbocycles. The van der Waals surface area contributed by atoms with Crippen LogP contribution in [0.1, 0.15) is 35.8 Å². The Kier molecular flexibility index (Phi) is 6.23. The van der Waals surface area contributed by atoms with Crippen LogP contribution in [-0.2, 0) is 4.79 Å². The Bertz CT molecular complexity index is 749. The molecular formula is C18H17Cl2NO3. The monoisotopic (exact) mass is 365 g/mol. The first-order valence-corrected chi connectivity index (χ1v) is 8.14. The highest BCUT2D eigenvalue weighted by Crippen LogP contribution is 2.26. The molecular weight excluding hydrogens is 349 g/mol. The van der Waals surface area contributed by atoms with Gasteiger partial charge in [-0.15, -0.1) is 0 Å². The first kappa shape index (κ1) is 18.3. The number of ether oxygens (including phenoxy) is 1. The fourth-order valence-electron chi connectivity index (χ4n) is 2.19. The Morgan fingerprint density at radius 3 is 2.54 bits per heavy atom. The van der Waals surface area contributed by atoms with Crippen molar-refractivity contribution in [2.45, 2.75) is 26.0 Å². The van der Waals surface area contributed by atoms with Gasteiger partial charge in [0.1, 0.15) is 5.75 Å². The third kappa shape index (κ3) is 4.49. The number of hydrogen-bond acceptors (Lipinski definition) is 3.